The summed E-state index contributed by atoms with van der Waals surface area (Å²) in [6, 6.07) is 23.8. The Kier molecular flexibility index (Phi) is 7.81. The summed E-state index contributed by atoms with van der Waals surface area (Å²) in [5.41, 5.74) is 3.00. The lowest BCUT2D eigenvalue weighted by molar-refractivity contribution is -0.126. The highest BCUT2D eigenvalue weighted by Gasteiger charge is 2.41. The number of nitrogens with one attached hydrogen (secondary N) is 1. The molecule has 40 heavy (non-hydrogen) atoms. The largest absolute Gasteiger partial charge is 0.378 e. The van der Waals surface area contributed by atoms with Crippen LogP contribution in [0.1, 0.15) is 15.9 Å². The molecule has 10 heteroatoms. The Morgan fingerprint density at radius 3 is 2.42 bits per heavy atom. The van der Waals surface area contributed by atoms with Gasteiger partial charge in [-0.3, -0.25) is 14.6 Å². The molecule has 5 rings (SSSR count). The van der Waals surface area contributed by atoms with Crippen LogP contribution in [0.25, 0.3) is 10.9 Å². The third-order valence-corrected chi connectivity index (χ3v) is 8.95. The molecule has 1 aliphatic rings. The van der Waals surface area contributed by atoms with Crippen molar-refractivity contribution in [3.05, 3.63) is 102 Å². The van der Waals surface area contributed by atoms with Crippen LogP contribution in [0.2, 0.25) is 0 Å². The van der Waals surface area contributed by atoms with E-state index in [2.05, 4.69) is 10.3 Å². The van der Waals surface area contributed by atoms with E-state index >= 15 is 0 Å². The smallest absolute Gasteiger partial charge is 0.253 e. The average molecular weight is 558 g/mol. The Bertz CT molecular complexity index is 1630. The summed E-state index contributed by atoms with van der Waals surface area (Å²) >= 11 is 0. The predicted molar refractivity (Wildman–Crippen MR) is 154 cm³/mol. The number of fused-ring (bicyclic) bond motifs is 1. The molecule has 9 nitrogen and oxygen atoms in total. The number of carbonyl (C=O) groups is 2. The van der Waals surface area contributed by atoms with Crippen molar-refractivity contribution in [1.29, 1.82) is 0 Å². The highest BCUT2D eigenvalue weighted by molar-refractivity contribution is 7.89. The lowest BCUT2D eigenvalue weighted by Crippen LogP contribution is -2.61. The molecule has 0 radical (unpaired) electrons. The van der Waals surface area contributed by atoms with E-state index in [1.165, 1.54) is 10.4 Å². The van der Waals surface area contributed by atoms with Crippen LogP contribution >= 0.6 is 0 Å². The van der Waals surface area contributed by atoms with Gasteiger partial charge in [0.25, 0.3) is 5.91 Å². The number of piperazine rings is 1. The van der Waals surface area contributed by atoms with Gasteiger partial charge in [-0.2, -0.15) is 4.31 Å². The summed E-state index contributed by atoms with van der Waals surface area (Å²) in [5, 5.41) is 3.56. The second-order valence-corrected chi connectivity index (χ2v) is 11.8. The minimum absolute atomic E-state index is 0.0155. The molecule has 0 aliphatic carbocycles. The number of sulfonamides is 1. The molecule has 1 aromatic heterocycles. The van der Waals surface area contributed by atoms with E-state index in [9.17, 15) is 18.0 Å². The molecule has 0 bridgehead atoms. The van der Waals surface area contributed by atoms with Gasteiger partial charge in [-0.05, 0) is 54.1 Å². The fraction of sp³-hybridized carbons (Fsp3) is 0.233. The van der Waals surface area contributed by atoms with E-state index in [1.54, 1.807) is 47.5 Å². The summed E-state index contributed by atoms with van der Waals surface area (Å²) in [7, 11) is -0.223. The monoisotopic (exact) mass is 557 g/mol. The van der Waals surface area contributed by atoms with E-state index in [1.807, 2.05) is 61.5 Å². The molecule has 2 amide bonds. The van der Waals surface area contributed by atoms with Crippen LogP contribution in [-0.4, -0.2) is 74.2 Å². The number of anilines is 1. The first-order chi connectivity index (χ1) is 19.2. The van der Waals surface area contributed by atoms with Crippen molar-refractivity contribution in [2.75, 3.05) is 38.6 Å². The van der Waals surface area contributed by atoms with Gasteiger partial charge < -0.3 is 15.1 Å². The van der Waals surface area contributed by atoms with Gasteiger partial charge >= 0.3 is 0 Å². The molecule has 206 valence electrons. The summed E-state index contributed by atoms with van der Waals surface area (Å²) in [6.45, 7) is 0.318. The first-order valence-corrected chi connectivity index (χ1v) is 14.4. The van der Waals surface area contributed by atoms with Crippen LogP contribution in [-0.2, 0) is 21.4 Å². The molecule has 1 atom stereocenters. The molecule has 0 spiro atoms. The van der Waals surface area contributed by atoms with Crippen LogP contribution in [0, 0.1) is 0 Å². The normalized spacial score (nSPS) is 16.1. The van der Waals surface area contributed by atoms with Crippen molar-refractivity contribution in [2.24, 2.45) is 0 Å². The second-order valence-electron chi connectivity index (χ2n) is 9.89. The fourth-order valence-corrected chi connectivity index (χ4v) is 6.40. The Morgan fingerprint density at radius 1 is 0.950 bits per heavy atom. The molecule has 3 aromatic carbocycles. The van der Waals surface area contributed by atoms with Crippen LogP contribution < -0.4 is 10.2 Å². The number of nitrogens with zero attached hydrogens (tertiary/aromatic N) is 4. The SMILES string of the molecule is CN(C)c1ccc(C(=O)N2CCN(S(=O)(=O)c3ccc4ncccc4c3)C(C(=O)NCc3ccccc3)C2)cc1. The van der Waals surface area contributed by atoms with Gasteiger partial charge in [-0.15, -0.1) is 0 Å². The number of pyridine rings is 1. The maximum atomic E-state index is 13.9. The van der Waals surface area contributed by atoms with Crippen molar-refractivity contribution >= 4 is 38.4 Å². The average Bonchev–Trinajstić information content (AvgIpc) is 2.99. The highest BCUT2D eigenvalue weighted by atomic mass is 32.2. The van der Waals surface area contributed by atoms with E-state index in [-0.39, 0.29) is 37.0 Å². The topological polar surface area (TPSA) is 103 Å². The molecular weight excluding hydrogens is 526 g/mol. The minimum atomic E-state index is -4.06. The van der Waals surface area contributed by atoms with Crippen LogP contribution in [0.3, 0.4) is 0 Å². The van der Waals surface area contributed by atoms with E-state index in [4.69, 9.17) is 0 Å². The van der Waals surface area contributed by atoms with Gasteiger partial charge in [-0.25, -0.2) is 8.42 Å². The number of amides is 2. The van der Waals surface area contributed by atoms with Gasteiger partial charge in [0.05, 0.1) is 10.4 Å². The molecule has 2 heterocycles. The predicted octanol–water partition coefficient (Wildman–Crippen LogP) is 3.13. The molecule has 4 aromatic rings. The highest BCUT2D eigenvalue weighted by Crippen LogP contribution is 2.26. The zero-order chi connectivity index (χ0) is 28.3. The number of benzene rings is 3. The van der Waals surface area contributed by atoms with E-state index in [0.717, 1.165) is 11.3 Å². The Hall–Kier alpha value is -4.28. The van der Waals surface area contributed by atoms with Gasteiger partial charge in [-0.1, -0.05) is 36.4 Å². The third kappa shape index (κ3) is 5.68. The van der Waals surface area contributed by atoms with Crippen molar-refractivity contribution < 1.29 is 18.0 Å². The van der Waals surface area contributed by atoms with E-state index in [0.29, 0.717) is 16.5 Å². The van der Waals surface area contributed by atoms with Gasteiger partial charge in [0.15, 0.2) is 0 Å². The lowest BCUT2D eigenvalue weighted by Gasteiger charge is -2.39. The molecular formula is C30H31N5O4S. The molecule has 1 aliphatic heterocycles. The van der Waals surface area contributed by atoms with Gasteiger partial charge in [0, 0.05) is 63.1 Å². The maximum Gasteiger partial charge on any atom is 0.253 e. The van der Waals surface area contributed by atoms with Gasteiger partial charge in [0.2, 0.25) is 15.9 Å². The summed E-state index contributed by atoms with van der Waals surface area (Å²) < 4.78 is 29.0. The molecule has 1 N–H and O–H groups in total. The summed E-state index contributed by atoms with van der Waals surface area (Å²) in [6.07, 6.45) is 1.65. The second kappa shape index (κ2) is 11.4. The van der Waals surface area contributed by atoms with Crippen molar-refractivity contribution in [3.8, 4) is 0 Å². The van der Waals surface area contributed by atoms with Crippen molar-refractivity contribution in [2.45, 2.75) is 17.5 Å². The molecule has 1 unspecified atom stereocenters. The van der Waals surface area contributed by atoms with Crippen LogP contribution in [0.4, 0.5) is 5.69 Å². The van der Waals surface area contributed by atoms with E-state index < -0.39 is 22.0 Å². The maximum absolute atomic E-state index is 13.9. The Labute approximate surface area is 234 Å². The summed E-state index contributed by atoms with van der Waals surface area (Å²) in [5.74, 6) is -0.713. The zero-order valence-corrected chi connectivity index (χ0v) is 23.2. The lowest BCUT2D eigenvalue weighted by atomic mass is 10.1. The van der Waals surface area contributed by atoms with Crippen molar-refractivity contribution in [3.63, 3.8) is 0 Å². The number of hydrogen-bond donors (Lipinski definition) is 1. The van der Waals surface area contributed by atoms with Gasteiger partial charge in [0.1, 0.15) is 6.04 Å². The summed E-state index contributed by atoms with van der Waals surface area (Å²) in [4.78, 5) is 34.8. The zero-order valence-electron chi connectivity index (χ0n) is 22.4. The first-order valence-electron chi connectivity index (χ1n) is 13.0. The number of hydrogen-bond acceptors (Lipinski definition) is 6. The number of carbonyl (C=O) groups excluding carboxylic acids is 2. The first kappa shape index (κ1) is 27.3. The standard InChI is InChI=1S/C30H31N5O4S/c1-33(2)25-12-10-23(11-13-25)30(37)34-17-18-35(28(21-34)29(36)32-20-22-7-4-3-5-8-22)40(38,39)26-14-15-27-24(19-26)9-6-16-31-27/h3-16,19,28H,17-18,20-21H2,1-2H3,(H,32,36). The molecule has 1 saturated heterocycles. The van der Waals surface area contributed by atoms with Crippen LogP contribution in [0.15, 0.2) is 96.0 Å². The minimum Gasteiger partial charge on any atom is -0.378 e. The van der Waals surface area contributed by atoms with Crippen LogP contribution in [0.5, 0.6) is 0 Å². The number of aromatic nitrogens is 1. The van der Waals surface area contributed by atoms with Crippen molar-refractivity contribution in [1.82, 2.24) is 19.5 Å². The quantitative estimate of drug-likeness (QED) is 0.375. The number of rotatable bonds is 7. The fourth-order valence-electron chi connectivity index (χ4n) is 4.79. The molecule has 1 fully saturated rings. The Morgan fingerprint density at radius 2 is 1.70 bits per heavy atom. The molecule has 0 saturated carbocycles. The Balaban J connectivity index is 1.42. The third-order valence-electron chi connectivity index (χ3n) is 7.04.